The third kappa shape index (κ3) is 6.62. The number of benzene rings is 1. The van der Waals surface area contributed by atoms with Crippen molar-refractivity contribution in [3.05, 3.63) is 33.3 Å². The Labute approximate surface area is 186 Å². The minimum absolute atomic E-state index is 0.00900. The van der Waals surface area contributed by atoms with Crippen LogP contribution < -0.4 is 5.32 Å². The zero-order chi connectivity index (χ0) is 23.2. The number of carbonyl (C=O) groups excluding carboxylic acids is 2. The molecule has 31 heavy (non-hydrogen) atoms. The highest BCUT2D eigenvalue weighted by molar-refractivity contribution is 7.89. The monoisotopic (exact) mass is 475 g/mol. The van der Waals surface area contributed by atoms with E-state index in [-0.39, 0.29) is 60.1 Å². The van der Waals surface area contributed by atoms with Crippen LogP contribution in [0.5, 0.6) is 0 Å². The van der Waals surface area contributed by atoms with Crippen molar-refractivity contribution in [1.29, 1.82) is 0 Å². The second-order valence-electron chi connectivity index (χ2n) is 7.42. The molecule has 0 radical (unpaired) electrons. The fourth-order valence-corrected chi connectivity index (χ4v) is 5.31. The van der Waals surface area contributed by atoms with Gasteiger partial charge in [0.1, 0.15) is 4.90 Å². The van der Waals surface area contributed by atoms with Crippen LogP contribution in [-0.2, 0) is 24.3 Å². The van der Waals surface area contributed by atoms with E-state index < -0.39 is 26.8 Å². The number of hydrogen-bond donors (Lipinski definition) is 1. The summed E-state index contributed by atoms with van der Waals surface area (Å²) in [6.07, 6.45) is 2.16. The summed E-state index contributed by atoms with van der Waals surface area (Å²) in [4.78, 5) is 34.0. The number of hydrogen-bond acceptors (Lipinski definition) is 7. The number of sulfonamides is 1. The molecule has 0 aromatic heterocycles. The number of nitrogens with one attached hydrogen (secondary N) is 1. The average Bonchev–Trinajstić information content (AvgIpc) is 2.72. The molecule has 1 heterocycles. The van der Waals surface area contributed by atoms with Gasteiger partial charge in [0.15, 0.2) is 6.61 Å². The van der Waals surface area contributed by atoms with Gasteiger partial charge in [-0.05, 0) is 32.3 Å². The minimum Gasteiger partial charge on any atom is -0.455 e. The number of ether oxygens (including phenoxy) is 1. The molecule has 1 aromatic carbocycles. The topological polar surface area (TPSA) is 136 Å². The number of amides is 1. The van der Waals surface area contributed by atoms with Crippen molar-refractivity contribution in [3.8, 4) is 0 Å². The van der Waals surface area contributed by atoms with E-state index in [1.165, 1.54) is 6.07 Å². The number of esters is 1. The molecule has 1 atom stereocenters. The maximum Gasteiger partial charge on any atom is 0.309 e. The van der Waals surface area contributed by atoms with Crippen LogP contribution in [0.4, 0.5) is 5.69 Å². The molecule has 0 aliphatic carbocycles. The van der Waals surface area contributed by atoms with Crippen molar-refractivity contribution in [2.45, 2.75) is 50.5 Å². The van der Waals surface area contributed by atoms with E-state index in [0.29, 0.717) is 0 Å². The largest absolute Gasteiger partial charge is 0.455 e. The molecule has 1 unspecified atom stereocenters. The Balaban J connectivity index is 1.93. The number of piperidine rings is 1. The minimum atomic E-state index is -4.06. The maximum absolute atomic E-state index is 12.9. The van der Waals surface area contributed by atoms with E-state index in [1.54, 1.807) is 0 Å². The first-order chi connectivity index (χ1) is 14.6. The molecule has 0 saturated carbocycles. The van der Waals surface area contributed by atoms with Crippen molar-refractivity contribution in [1.82, 2.24) is 9.62 Å². The Kier molecular flexibility index (Phi) is 8.78. The predicted octanol–water partition coefficient (Wildman–Crippen LogP) is 2.50. The van der Waals surface area contributed by atoms with Crippen LogP contribution in [0.3, 0.4) is 0 Å². The number of carbonyl (C=O) groups is 2. The van der Waals surface area contributed by atoms with E-state index in [0.717, 1.165) is 29.3 Å². The summed E-state index contributed by atoms with van der Waals surface area (Å²) in [5.74, 6) is -1.47. The van der Waals surface area contributed by atoms with Crippen LogP contribution >= 0.6 is 11.6 Å². The Morgan fingerprint density at radius 3 is 2.58 bits per heavy atom. The summed E-state index contributed by atoms with van der Waals surface area (Å²) in [5, 5.41) is 13.6. The van der Waals surface area contributed by atoms with Gasteiger partial charge in [-0.15, -0.1) is 0 Å². The molecular formula is C19H26ClN3O7S. The first-order valence-corrected chi connectivity index (χ1v) is 11.8. The molecule has 1 N–H and O–H groups in total. The highest BCUT2D eigenvalue weighted by Gasteiger charge is 2.34. The van der Waals surface area contributed by atoms with Gasteiger partial charge < -0.3 is 10.1 Å². The molecule has 1 saturated heterocycles. The van der Waals surface area contributed by atoms with Crippen LogP contribution in [0, 0.1) is 16.0 Å². The highest BCUT2D eigenvalue weighted by Crippen LogP contribution is 2.31. The van der Waals surface area contributed by atoms with Gasteiger partial charge in [0, 0.05) is 31.3 Å². The van der Waals surface area contributed by atoms with Crippen LogP contribution in [-0.4, -0.2) is 55.3 Å². The average molecular weight is 476 g/mol. The SMILES string of the molecule is CCCC(C)NC(=O)COC(=O)C1CCN(S(=O)(=O)c2cc([N+](=O)[O-])ccc2Cl)CC1. The van der Waals surface area contributed by atoms with Crippen LogP contribution in [0.2, 0.25) is 5.02 Å². The van der Waals surface area contributed by atoms with E-state index in [2.05, 4.69) is 5.32 Å². The first kappa shape index (κ1) is 25.0. The Morgan fingerprint density at radius 2 is 2.00 bits per heavy atom. The van der Waals surface area contributed by atoms with Crippen LogP contribution in [0.25, 0.3) is 0 Å². The van der Waals surface area contributed by atoms with E-state index in [1.807, 2.05) is 13.8 Å². The van der Waals surface area contributed by atoms with Crippen molar-refractivity contribution in [2.24, 2.45) is 5.92 Å². The number of non-ortho nitro benzene ring substituents is 1. The summed E-state index contributed by atoms with van der Waals surface area (Å²) in [6.45, 7) is 3.55. The van der Waals surface area contributed by atoms with Crippen molar-refractivity contribution in [2.75, 3.05) is 19.7 Å². The normalized spacial score (nSPS) is 16.5. The van der Waals surface area contributed by atoms with Gasteiger partial charge in [0.25, 0.3) is 11.6 Å². The fourth-order valence-electron chi connectivity index (χ4n) is 3.35. The van der Waals surface area contributed by atoms with Gasteiger partial charge in [-0.2, -0.15) is 4.31 Å². The van der Waals surface area contributed by atoms with Gasteiger partial charge >= 0.3 is 5.97 Å². The van der Waals surface area contributed by atoms with Gasteiger partial charge in [0.2, 0.25) is 10.0 Å². The molecule has 1 aliphatic heterocycles. The van der Waals surface area contributed by atoms with Crippen LogP contribution in [0.15, 0.2) is 23.1 Å². The van der Waals surface area contributed by atoms with Crippen LogP contribution in [0.1, 0.15) is 39.5 Å². The number of halogens is 1. The number of nitro benzene ring substituents is 1. The van der Waals surface area contributed by atoms with E-state index >= 15 is 0 Å². The quantitative estimate of drug-likeness (QED) is 0.329. The smallest absolute Gasteiger partial charge is 0.309 e. The van der Waals surface area contributed by atoms with E-state index in [9.17, 15) is 28.1 Å². The number of nitro groups is 1. The van der Waals surface area contributed by atoms with E-state index in [4.69, 9.17) is 16.3 Å². The highest BCUT2D eigenvalue weighted by atomic mass is 35.5. The van der Waals surface area contributed by atoms with Crippen molar-refractivity contribution >= 4 is 39.2 Å². The summed E-state index contributed by atoms with van der Waals surface area (Å²) in [6, 6.07) is 3.22. The zero-order valence-electron chi connectivity index (χ0n) is 17.4. The lowest BCUT2D eigenvalue weighted by Crippen LogP contribution is -2.41. The van der Waals surface area contributed by atoms with Gasteiger partial charge in [-0.1, -0.05) is 24.9 Å². The second kappa shape index (κ2) is 10.9. The molecular weight excluding hydrogens is 450 g/mol. The van der Waals surface area contributed by atoms with Crippen molar-refractivity contribution < 1.29 is 27.7 Å². The number of nitrogens with zero attached hydrogens (tertiary/aromatic N) is 2. The fraction of sp³-hybridized carbons (Fsp3) is 0.579. The molecule has 12 heteroatoms. The Bertz CT molecular complexity index is 930. The zero-order valence-corrected chi connectivity index (χ0v) is 18.9. The Morgan fingerprint density at radius 1 is 1.35 bits per heavy atom. The predicted molar refractivity (Wildman–Crippen MR) is 113 cm³/mol. The summed E-state index contributed by atoms with van der Waals surface area (Å²) < 4.78 is 32.0. The lowest BCUT2D eigenvalue weighted by atomic mass is 9.98. The maximum atomic E-state index is 12.9. The molecule has 0 spiro atoms. The standard InChI is InChI=1S/C19H26ClN3O7S/c1-3-4-13(2)21-18(24)12-30-19(25)14-7-9-22(10-8-14)31(28,29)17-11-15(23(26)27)5-6-16(17)20/h5-6,11,13-14H,3-4,7-10,12H2,1-2H3,(H,21,24). The number of rotatable bonds is 9. The molecule has 1 fully saturated rings. The molecule has 0 bridgehead atoms. The molecule has 172 valence electrons. The van der Waals surface area contributed by atoms with Crippen molar-refractivity contribution in [3.63, 3.8) is 0 Å². The molecule has 2 rings (SSSR count). The summed E-state index contributed by atoms with van der Waals surface area (Å²) >= 11 is 5.97. The molecule has 1 amide bonds. The first-order valence-electron chi connectivity index (χ1n) is 9.96. The second-order valence-corrected chi connectivity index (χ2v) is 9.73. The molecule has 1 aromatic rings. The van der Waals surface area contributed by atoms with Gasteiger partial charge in [-0.25, -0.2) is 8.42 Å². The molecule has 10 nitrogen and oxygen atoms in total. The third-order valence-electron chi connectivity index (χ3n) is 5.01. The summed E-state index contributed by atoms with van der Waals surface area (Å²) in [7, 11) is -4.06. The lowest BCUT2D eigenvalue weighted by molar-refractivity contribution is -0.385. The van der Waals surface area contributed by atoms with Gasteiger partial charge in [-0.3, -0.25) is 19.7 Å². The van der Waals surface area contributed by atoms with Gasteiger partial charge in [0.05, 0.1) is 15.9 Å². The molecule has 1 aliphatic rings. The Hall–Kier alpha value is -2.24. The summed E-state index contributed by atoms with van der Waals surface area (Å²) in [5.41, 5.74) is -0.382. The lowest BCUT2D eigenvalue weighted by Gasteiger charge is -2.30. The third-order valence-corrected chi connectivity index (χ3v) is 7.39.